The van der Waals surface area contributed by atoms with Crippen LogP contribution in [0.5, 0.6) is 0 Å². The molecule has 2 aliphatic heterocycles. The molecular formula is C32H39BrCl2N4O6S3. The molecule has 1 aromatic carbocycles. The Hall–Kier alpha value is -1.78. The van der Waals surface area contributed by atoms with E-state index < -0.39 is 32.1 Å². The van der Waals surface area contributed by atoms with E-state index in [1.807, 2.05) is 0 Å². The normalized spacial score (nSPS) is 17.9. The highest BCUT2D eigenvalue weighted by molar-refractivity contribution is 9.10. The summed E-state index contributed by atoms with van der Waals surface area (Å²) in [5, 5.41) is 9.84. The molecule has 1 atom stereocenters. The topological polar surface area (TPSA) is 137 Å². The second kappa shape index (κ2) is 16.5. The number of aliphatic carboxylic acids is 1. The van der Waals surface area contributed by atoms with Crippen LogP contribution in [-0.4, -0.2) is 69.4 Å². The largest absolute Gasteiger partial charge is 0.480 e. The van der Waals surface area contributed by atoms with Crippen molar-refractivity contribution in [3.8, 4) is 0 Å². The van der Waals surface area contributed by atoms with Crippen molar-refractivity contribution < 1.29 is 26.7 Å². The van der Waals surface area contributed by atoms with Gasteiger partial charge in [0.1, 0.15) is 25.3 Å². The maximum Gasteiger partial charge on any atom is 0.322 e. The molecule has 262 valence electrons. The number of hydrogen-bond acceptors (Lipinski definition) is 8. The van der Waals surface area contributed by atoms with Crippen molar-refractivity contribution in [2.45, 2.75) is 72.9 Å². The molecule has 3 aromatic rings. The predicted octanol–water partition coefficient (Wildman–Crippen LogP) is 7.06. The Bertz CT molecular complexity index is 1760. The fraction of sp³-hybridized carbons (Fsp3) is 0.500. The average molecular weight is 823 g/mol. The Kier molecular flexibility index (Phi) is 12.9. The summed E-state index contributed by atoms with van der Waals surface area (Å²) in [6, 6.07) is 10.4. The van der Waals surface area contributed by atoms with Crippen LogP contribution < -0.4 is 9.62 Å². The number of nitrogens with one attached hydrogen (secondary N) is 1. The number of sulfonamides is 2. The summed E-state index contributed by atoms with van der Waals surface area (Å²) in [6.07, 6.45) is 9.43. The molecule has 0 radical (unpaired) electrons. The maximum absolute atomic E-state index is 13.0. The van der Waals surface area contributed by atoms with Crippen molar-refractivity contribution in [2.24, 2.45) is 11.8 Å². The lowest BCUT2D eigenvalue weighted by atomic mass is 9.88. The Morgan fingerprint density at radius 1 is 0.979 bits per heavy atom. The molecule has 2 aromatic heterocycles. The number of thiophene rings is 1. The van der Waals surface area contributed by atoms with Crippen molar-refractivity contribution in [2.75, 3.05) is 31.1 Å². The van der Waals surface area contributed by atoms with Crippen LogP contribution in [0.2, 0.25) is 9.36 Å². The van der Waals surface area contributed by atoms with E-state index in [9.17, 15) is 26.7 Å². The SMILES string of the molecule is O=C(O)C(Cc1ccccc1)NS(=O)(=O)c1cnc(N2CCC(CCCCC3CCN(S(=O)(=O)c4cc(Br)c(Cl)s4)CC3)CC2)c(Cl)c1. The number of nitrogens with zero attached hydrogens (tertiary/aromatic N) is 3. The highest BCUT2D eigenvalue weighted by Crippen LogP contribution is 2.37. The van der Waals surface area contributed by atoms with Gasteiger partial charge in [0.05, 0.1) is 5.02 Å². The highest BCUT2D eigenvalue weighted by Gasteiger charge is 2.32. The van der Waals surface area contributed by atoms with Gasteiger partial charge in [-0.05, 0) is 77.6 Å². The third-order valence-corrected chi connectivity index (χ3v) is 15.7. The number of hydrogen-bond donors (Lipinski definition) is 2. The number of unbranched alkanes of at least 4 members (excludes halogenated alkanes) is 1. The first-order valence-electron chi connectivity index (χ1n) is 16.0. The zero-order valence-corrected chi connectivity index (χ0v) is 31.8. The molecule has 2 saturated heterocycles. The number of carboxylic acids is 1. The molecule has 5 rings (SSSR count). The van der Waals surface area contributed by atoms with Gasteiger partial charge < -0.3 is 10.0 Å². The van der Waals surface area contributed by atoms with E-state index in [-0.39, 0.29) is 20.5 Å². The number of anilines is 1. The first kappa shape index (κ1) is 37.5. The van der Waals surface area contributed by atoms with Crippen molar-refractivity contribution in [1.82, 2.24) is 14.0 Å². The van der Waals surface area contributed by atoms with Crippen molar-refractivity contribution in [1.29, 1.82) is 0 Å². The number of halogens is 3. The minimum Gasteiger partial charge on any atom is -0.480 e. The smallest absolute Gasteiger partial charge is 0.322 e. The number of benzene rings is 1. The highest BCUT2D eigenvalue weighted by atomic mass is 79.9. The number of carboxylic acid groups (broad SMARTS) is 1. The predicted molar refractivity (Wildman–Crippen MR) is 193 cm³/mol. The molecule has 0 amide bonds. The second-order valence-electron chi connectivity index (χ2n) is 12.4. The Morgan fingerprint density at radius 2 is 1.58 bits per heavy atom. The summed E-state index contributed by atoms with van der Waals surface area (Å²) in [5.41, 5.74) is 0.698. The van der Waals surface area contributed by atoms with Crippen LogP contribution in [0.3, 0.4) is 0 Å². The van der Waals surface area contributed by atoms with Gasteiger partial charge in [0, 0.05) is 36.8 Å². The summed E-state index contributed by atoms with van der Waals surface area (Å²) in [4.78, 5) is 18.1. The standard InChI is InChI=1S/C32H39BrCl2N4O6S3/c33-26-20-29(46-30(26)35)48(44,45)39-16-12-23(13-17-39)7-5-4-6-22-10-14-38(15-11-22)31-27(34)19-25(21-36-31)47(42,43)37-28(32(40)41)18-24-8-2-1-3-9-24/h1-3,8-9,19-23,28,37H,4-7,10-18H2,(H,40,41). The lowest BCUT2D eigenvalue weighted by Crippen LogP contribution is -2.42. The van der Waals surface area contributed by atoms with Crippen molar-refractivity contribution in [3.63, 3.8) is 0 Å². The Balaban J connectivity index is 1.03. The summed E-state index contributed by atoms with van der Waals surface area (Å²) < 4.78 is 57.3. The summed E-state index contributed by atoms with van der Waals surface area (Å²) >= 11 is 17.0. The first-order valence-corrected chi connectivity index (χ1v) is 21.3. The van der Waals surface area contributed by atoms with E-state index in [2.05, 4.69) is 30.5 Å². The average Bonchev–Trinajstić information content (AvgIpc) is 3.42. The molecule has 0 bridgehead atoms. The second-order valence-corrected chi connectivity index (χ2v) is 19.2. The zero-order chi connectivity index (χ0) is 34.5. The molecule has 48 heavy (non-hydrogen) atoms. The molecule has 16 heteroatoms. The van der Waals surface area contributed by atoms with Gasteiger partial charge in [-0.2, -0.15) is 9.03 Å². The molecule has 2 fully saturated rings. The fourth-order valence-corrected chi connectivity index (χ4v) is 11.8. The minimum absolute atomic E-state index is 0.000587. The molecule has 10 nitrogen and oxygen atoms in total. The van der Waals surface area contributed by atoms with E-state index in [0.29, 0.717) is 45.1 Å². The quantitative estimate of drug-likeness (QED) is 0.165. The number of piperidine rings is 2. The third kappa shape index (κ3) is 9.51. The maximum atomic E-state index is 13.0. The van der Waals surface area contributed by atoms with Crippen LogP contribution in [0.1, 0.15) is 56.9 Å². The summed E-state index contributed by atoms with van der Waals surface area (Å²) in [5.74, 6) is 0.372. The first-order chi connectivity index (χ1) is 22.8. The van der Waals surface area contributed by atoms with Gasteiger partial charge in [0.2, 0.25) is 10.0 Å². The molecule has 0 saturated carbocycles. The molecule has 0 spiro atoms. The van der Waals surface area contributed by atoms with Gasteiger partial charge in [-0.25, -0.2) is 21.8 Å². The van der Waals surface area contributed by atoms with Crippen molar-refractivity contribution in [3.05, 3.63) is 68.1 Å². The molecular weight excluding hydrogens is 783 g/mol. The Labute approximate surface area is 305 Å². The van der Waals surface area contributed by atoms with E-state index in [4.69, 9.17) is 23.2 Å². The van der Waals surface area contributed by atoms with Gasteiger partial charge in [-0.3, -0.25) is 4.79 Å². The van der Waals surface area contributed by atoms with Crippen LogP contribution in [0.25, 0.3) is 0 Å². The van der Waals surface area contributed by atoms with Gasteiger partial charge >= 0.3 is 5.97 Å². The van der Waals surface area contributed by atoms with Crippen LogP contribution in [-0.2, 0) is 31.3 Å². The minimum atomic E-state index is -4.18. The fourth-order valence-electron chi connectivity index (χ4n) is 6.40. The monoisotopic (exact) mass is 820 g/mol. The lowest BCUT2D eigenvalue weighted by molar-refractivity contribution is -0.138. The number of carbonyl (C=O) groups is 1. The molecule has 2 N–H and O–H groups in total. The van der Waals surface area contributed by atoms with Crippen molar-refractivity contribution >= 4 is 82.3 Å². The van der Waals surface area contributed by atoms with E-state index in [1.165, 1.54) is 12.3 Å². The Morgan fingerprint density at radius 3 is 2.12 bits per heavy atom. The zero-order valence-electron chi connectivity index (χ0n) is 26.2. The van der Waals surface area contributed by atoms with E-state index in [0.717, 1.165) is 75.8 Å². The number of rotatable bonds is 14. The van der Waals surface area contributed by atoms with Crippen LogP contribution in [0.15, 0.2) is 62.2 Å². The molecule has 1 unspecified atom stereocenters. The summed E-state index contributed by atoms with van der Waals surface area (Å²) in [6.45, 7) is 2.60. The van der Waals surface area contributed by atoms with E-state index in [1.54, 1.807) is 40.7 Å². The molecule has 4 heterocycles. The van der Waals surface area contributed by atoms with Crippen LogP contribution in [0, 0.1) is 11.8 Å². The number of pyridine rings is 1. The molecule has 0 aliphatic carbocycles. The lowest BCUT2D eigenvalue weighted by Gasteiger charge is -2.33. The van der Waals surface area contributed by atoms with E-state index >= 15 is 0 Å². The van der Waals surface area contributed by atoms with Crippen LogP contribution >= 0.6 is 50.5 Å². The number of aromatic nitrogens is 1. The van der Waals surface area contributed by atoms with Gasteiger partial charge in [-0.1, -0.05) is 79.2 Å². The van der Waals surface area contributed by atoms with Gasteiger partial charge in [-0.15, -0.1) is 11.3 Å². The summed E-state index contributed by atoms with van der Waals surface area (Å²) in [7, 11) is -7.69. The van der Waals surface area contributed by atoms with Gasteiger partial charge in [0.15, 0.2) is 0 Å². The van der Waals surface area contributed by atoms with Crippen LogP contribution in [0.4, 0.5) is 5.82 Å². The van der Waals surface area contributed by atoms with Gasteiger partial charge in [0.25, 0.3) is 10.0 Å². The molecule has 2 aliphatic rings. The third-order valence-electron chi connectivity index (χ3n) is 9.16.